The molecule has 0 aliphatic carbocycles. The number of rotatable bonds is 17. The van der Waals surface area contributed by atoms with Crippen LogP contribution in [0.5, 0.6) is 0 Å². The molecule has 0 radical (unpaired) electrons. The molecule has 2 atom stereocenters. The molecule has 0 spiro atoms. The maximum atomic E-state index is 12.8. The molecule has 0 heterocycles. The Morgan fingerprint density at radius 3 is 1.92 bits per heavy atom. The summed E-state index contributed by atoms with van der Waals surface area (Å²) >= 11 is 0. The lowest BCUT2D eigenvalue weighted by Crippen LogP contribution is -2.37. The van der Waals surface area contributed by atoms with Crippen molar-refractivity contribution in [1.29, 1.82) is 0 Å². The van der Waals surface area contributed by atoms with Crippen LogP contribution < -0.4 is 11.1 Å². The third-order valence-corrected chi connectivity index (χ3v) is 6.99. The largest absolute Gasteiger partial charge is 0.460 e. The van der Waals surface area contributed by atoms with Crippen molar-refractivity contribution >= 4 is 11.9 Å². The van der Waals surface area contributed by atoms with E-state index >= 15 is 0 Å². The predicted octanol–water partition coefficient (Wildman–Crippen LogP) is 7.53. The molecule has 0 bridgehead atoms. The Morgan fingerprint density at radius 1 is 0.846 bits per heavy atom. The van der Waals surface area contributed by atoms with E-state index in [1.165, 1.54) is 63.5 Å². The van der Waals surface area contributed by atoms with Gasteiger partial charge >= 0.3 is 12.1 Å². The number of alkyl halides is 3. The van der Waals surface area contributed by atoms with Crippen LogP contribution in [0.3, 0.4) is 0 Å². The fraction of sp³-hybridized carbons (Fsp3) is 0.548. The monoisotopic (exact) mass is 548 g/mol. The van der Waals surface area contributed by atoms with E-state index in [9.17, 15) is 22.8 Å². The van der Waals surface area contributed by atoms with Crippen LogP contribution in [0.1, 0.15) is 111 Å². The Kier molecular flexibility index (Phi) is 14.1. The first-order chi connectivity index (χ1) is 18.6. The molecular weight excluding hydrogens is 505 g/mol. The zero-order chi connectivity index (χ0) is 28.7. The molecule has 216 valence electrons. The van der Waals surface area contributed by atoms with Crippen molar-refractivity contribution in [1.82, 2.24) is 5.32 Å². The fourth-order valence-electron chi connectivity index (χ4n) is 4.31. The van der Waals surface area contributed by atoms with Gasteiger partial charge < -0.3 is 15.8 Å². The first kappa shape index (κ1) is 32.3. The van der Waals surface area contributed by atoms with Crippen LogP contribution in [-0.2, 0) is 22.3 Å². The average molecular weight is 549 g/mol. The van der Waals surface area contributed by atoms with Crippen molar-refractivity contribution < 1.29 is 27.5 Å². The standard InChI is InChI=1S/C31H43F3N2O3/c1-3-4-5-6-7-8-9-10-11-12-21-36-29(37)26-15-13-24(14-16-26)22-39-30(38)28(35)23(2)25-17-19-27(20-18-25)31(32,33)34/h13-20,23,28H,3-12,21-22,35H2,1-2H3,(H,36,37). The molecular formula is C31H43F3N2O3. The van der Waals surface area contributed by atoms with Crippen molar-refractivity contribution in [3.8, 4) is 0 Å². The number of nitrogens with two attached hydrogens (primary N) is 1. The summed E-state index contributed by atoms with van der Waals surface area (Å²) in [6.07, 6.45) is 8.00. The van der Waals surface area contributed by atoms with Gasteiger partial charge in [-0.25, -0.2) is 0 Å². The van der Waals surface area contributed by atoms with Crippen molar-refractivity contribution in [2.75, 3.05) is 6.54 Å². The maximum absolute atomic E-state index is 12.8. The second kappa shape index (κ2) is 17.0. The van der Waals surface area contributed by atoms with Crippen LogP contribution >= 0.6 is 0 Å². The Hall–Kier alpha value is -2.87. The Bertz CT molecular complexity index is 992. The fourth-order valence-corrected chi connectivity index (χ4v) is 4.31. The molecule has 0 aliphatic rings. The molecule has 0 saturated heterocycles. The minimum absolute atomic E-state index is 0.0211. The van der Waals surface area contributed by atoms with E-state index in [0.29, 0.717) is 23.2 Å². The number of nitrogens with one attached hydrogen (secondary N) is 1. The molecule has 2 unspecified atom stereocenters. The number of carbonyl (C=O) groups is 2. The van der Waals surface area contributed by atoms with Gasteiger partial charge in [-0.3, -0.25) is 9.59 Å². The highest BCUT2D eigenvalue weighted by Crippen LogP contribution is 2.30. The number of hydrogen-bond acceptors (Lipinski definition) is 4. The van der Waals surface area contributed by atoms with Crippen molar-refractivity contribution in [2.45, 2.75) is 103 Å². The number of unbranched alkanes of at least 4 members (excludes halogenated alkanes) is 9. The highest BCUT2D eigenvalue weighted by molar-refractivity contribution is 5.94. The van der Waals surface area contributed by atoms with Gasteiger partial charge in [-0.15, -0.1) is 0 Å². The van der Waals surface area contributed by atoms with Gasteiger partial charge in [0.05, 0.1) is 5.56 Å². The molecule has 3 N–H and O–H groups in total. The zero-order valence-electron chi connectivity index (χ0n) is 23.2. The second-order valence-corrected chi connectivity index (χ2v) is 10.2. The summed E-state index contributed by atoms with van der Waals surface area (Å²) < 4.78 is 43.6. The smallest absolute Gasteiger partial charge is 0.416 e. The lowest BCUT2D eigenvalue weighted by atomic mass is 9.93. The summed E-state index contributed by atoms with van der Waals surface area (Å²) in [5.41, 5.74) is 7.00. The molecule has 0 fully saturated rings. The van der Waals surface area contributed by atoms with Crippen LogP contribution in [0.4, 0.5) is 13.2 Å². The Morgan fingerprint density at radius 2 is 1.38 bits per heavy atom. The van der Waals surface area contributed by atoms with Crippen molar-refractivity contribution in [3.05, 3.63) is 70.8 Å². The quantitative estimate of drug-likeness (QED) is 0.158. The molecule has 2 rings (SSSR count). The third-order valence-electron chi connectivity index (χ3n) is 6.99. The predicted molar refractivity (Wildman–Crippen MR) is 148 cm³/mol. The number of amides is 1. The van der Waals surface area contributed by atoms with Gasteiger partial charge in [-0.2, -0.15) is 13.2 Å². The van der Waals surface area contributed by atoms with Gasteiger partial charge in [0.25, 0.3) is 5.91 Å². The molecule has 0 saturated carbocycles. The van der Waals surface area contributed by atoms with Crippen LogP contribution in [0.2, 0.25) is 0 Å². The topological polar surface area (TPSA) is 81.4 Å². The summed E-state index contributed by atoms with van der Waals surface area (Å²) in [4.78, 5) is 24.8. The number of carbonyl (C=O) groups excluding carboxylic acids is 2. The number of ether oxygens (including phenoxy) is 1. The molecule has 1 amide bonds. The van der Waals surface area contributed by atoms with Gasteiger partial charge in [0, 0.05) is 18.0 Å². The van der Waals surface area contributed by atoms with Crippen molar-refractivity contribution in [2.24, 2.45) is 5.73 Å². The van der Waals surface area contributed by atoms with E-state index in [1.54, 1.807) is 31.2 Å². The Labute approximate surface area is 230 Å². The summed E-state index contributed by atoms with van der Waals surface area (Å²) in [7, 11) is 0. The molecule has 8 heteroatoms. The Balaban J connectivity index is 1.67. The van der Waals surface area contributed by atoms with E-state index in [0.717, 1.165) is 25.0 Å². The summed E-state index contributed by atoms with van der Waals surface area (Å²) in [6.45, 7) is 4.51. The second-order valence-electron chi connectivity index (χ2n) is 10.2. The van der Waals surface area contributed by atoms with Gasteiger partial charge in [-0.1, -0.05) is 95.9 Å². The molecule has 2 aromatic carbocycles. The lowest BCUT2D eigenvalue weighted by Gasteiger charge is -2.19. The first-order valence-electron chi connectivity index (χ1n) is 14.1. The van der Waals surface area contributed by atoms with Crippen LogP contribution in [0, 0.1) is 0 Å². The summed E-state index contributed by atoms with van der Waals surface area (Å²) in [5.74, 6) is -1.32. The summed E-state index contributed by atoms with van der Waals surface area (Å²) in [5, 5.41) is 2.95. The molecule has 5 nitrogen and oxygen atoms in total. The minimum atomic E-state index is -4.42. The SMILES string of the molecule is CCCCCCCCCCCCNC(=O)c1ccc(COC(=O)C(N)C(C)c2ccc(C(F)(F)F)cc2)cc1. The zero-order valence-corrected chi connectivity index (χ0v) is 23.2. The highest BCUT2D eigenvalue weighted by Gasteiger charge is 2.31. The average Bonchev–Trinajstić information content (AvgIpc) is 2.93. The lowest BCUT2D eigenvalue weighted by molar-refractivity contribution is -0.147. The number of benzene rings is 2. The van der Waals surface area contributed by atoms with Crippen molar-refractivity contribution in [3.63, 3.8) is 0 Å². The van der Waals surface area contributed by atoms with Gasteiger partial charge in [-0.05, 0) is 41.8 Å². The van der Waals surface area contributed by atoms with E-state index in [1.807, 2.05) is 0 Å². The summed E-state index contributed by atoms with van der Waals surface area (Å²) in [6, 6.07) is 10.3. The minimum Gasteiger partial charge on any atom is -0.460 e. The van der Waals surface area contributed by atoms with E-state index in [2.05, 4.69) is 12.2 Å². The third kappa shape index (κ3) is 11.8. The molecule has 39 heavy (non-hydrogen) atoms. The van der Waals surface area contributed by atoms with Crippen LogP contribution in [0.15, 0.2) is 48.5 Å². The van der Waals surface area contributed by atoms with E-state index in [-0.39, 0.29) is 12.5 Å². The van der Waals surface area contributed by atoms with Gasteiger partial charge in [0.1, 0.15) is 12.6 Å². The number of halogens is 3. The number of hydrogen-bond donors (Lipinski definition) is 2. The normalized spacial score (nSPS) is 13.1. The highest BCUT2D eigenvalue weighted by atomic mass is 19.4. The molecule has 2 aromatic rings. The molecule has 0 aliphatic heterocycles. The molecule has 0 aromatic heterocycles. The number of esters is 1. The van der Waals surface area contributed by atoms with E-state index < -0.39 is 29.7 Å². The van der Waals surface area contributed by atoms with Gasteiger partial charge in [0.15, 0.2) is 0 Å². The maximum Gasteiger partial charge on any atom is 0.416 e. The van der Waals surface area contributed by atoms with Gasteiger partial charge in [0.2, 0.25) is 0 Å². The van der Waals surface area contributed by atoms with Crippen LogP contribution in [0.25, 0.3) is 0 Å². The first-order valence-corrected chi connectivity index (χ1v) is 14.1. The van der Waals surface area contributed by atoms with Crippen LogP contribution in [-0.4, -0.2) is 24.5 Å². The van der Waals surface area contributed by atoms with E-state index in [4.69, 9.17) is 10.5 Å².